The van der Waals surface area contributed by atoms with Crippen LogP contribution in [-0.2, 0) is 4.79 Å². The van der Waals surface area contributed by atoms with Gasteiger partial charge in [-0.25, -0.2) is 0 Å². The van der Waals surface area contributed by atoms with Gasteiger partial charge in [0, 0.05) is 0 Å². The molecular formula is C13H25BN2O3. The van der Waals surface area contributed by atoms with Gasteiger partial charge in [0.1, 0.15) is 5.54 Å². The van der Waals surface area contributed by atoms with Crippen LogP contribution in [0.4, 0.5) is 0 Å². The third kappa shape index (κ3) is 2.66. The lowest BCUT2D eigenvalue weighted by Crippen LogP contribution is -2.55. The molecule has 0 aromatic heterocycles. The van der Waals surface area contributed by atoms with Crippen LogP contribution in [0.3, 0.4) is 0 Å². The average Bonchev–Trinajstić information content (AvgIpc) is 2.88. The summed E-state index contributed by atoms with van der Waals surface area (Å²) in [6.07, 6.45) is 3.24. The first kappa shape index (κ1) is 14.8. The lowest BCUT2D eigenvalue weighted by molar-refractivity contribution is -0.147. The van der Waals surface area contributed by atoms with Gasteiger partial charge in [0.05, 0.1) is 0 Å². The van der Waals surface area contributed by atoms with Gasteiger partial charge in [-0.3, -0.25) is 4.79 Å². The second kappa shape index (κ2) is 5.81. The normalized spacial score (nSPS) is 37.3. The minimum Gasteiger partial charge on any atom is -0.480 e. The van der Waals surface area contributed by atoms with Gasteiger partial charge in [0.25, 0.3) is 6.92 Å². The molecule has 1 heterocycles. The summed E-state index contributed by atoms with van der Waals surface area (Å²) in [6, 6.07) is 0. The van der Waals surface area contributed by atoms with Crippen LogP contribution in [0.25, 0.3) is 0 Å². The van der Waals surface area contributed by atoms with Crippen molar-refractivity contribution in [2.75, 3.05) is 20.1 Å². The zero-order valence-corrected chi connectivity index (χ0v) is 11.9. The molecule has 0 aromatic rings. The highest BCUT2D eigenvalue weighted by Crippen LogP contribution is 2.48. The van der Waals surface area contributed by atoms with Crippen LogP contribution < -0.4 is 10.6 Å². The molecule has 4 atom stereocenters. The van der Waals surface area contributed by atoms with Crippen molar-refractivity contribution in [2.45, 2.75) is 37.9 Å². The summed E-state index contributed by atoms with van der Waals surface area (Å²) in [4.78, 5) is 11.8. The third-order valence-corrected chi connectivity index (χ3v) is 5.09. The smallest absolute Gasteiger partial charge is 0.324 e. The van der Waals surface area contributed by atoms with Crippen LogP contribution in [0.15, 0.2) is 0 Å². The number of carboxylic acid groups (broad SMARTS) is 1. The second-order valence-corrected chi connectivity index (χ2v) is 6.20. The van der Waals surface area contributed by atoms with Gasteiger partial charge in [-0.1, -0.05) is 13.2 Å². The van der Waals surface area contributed by atoms with E-state index < -0.39 is 11.5 Å². The molecule has 1 aliphatic heterocycles. The second-order valence-electron chi connectivity index (χ2n) is 6.20. The molecule has 0 radical (unpaired) electrons. The Hall–Kier alpha value is -0.585. The molecule has 19 heavy (non-hydrogen) atoms. The van der Waals surface area contributed by atoms with Crippen molar-refractivity contribution in [1.82, 2.24) is 10.6 Å². The van der Waals surface area contributed by atoms with Crippen LogP contribution in [-0.4, -0.2) is 48.7 Å². The summed E-state index contributed by atoms with van der Waals surface area (Å²) >= 11 is 0. The summed E-state index contributed by atoms with van der Waals surface area (Å²) in [5.74, 6) is 0.373. The molecule has 6 heteroatoms. The van der Waals surface area contributed by atoms with Gasteiger partial charge < -0.3 is 20.8 Å². The topological polar surface area (TPSA) is 81.6 Å². The number of likely N-dealkylation sites (N-methyl/N-ethyl adjacent to an activating group) is 1. The van der Waals surface area contributed by atoms with E-state index >= 15 is 0 Å². The predicted molar refractivity (Wildman–Crippen MR) is 75.3 cm³/mol. The van der Waals surface area contributed by atoms with Gasteiger partial charge in [-0.2, -0.15) is 0 Å². The zero-order valence-electron chi connectivity index (χ0n) is 11.9. The first-order valence-corrected chi connectivity index (χ1v) is 7.32. The third-order valence-electron chi connectivity index (χ3n) is 5.09. The van der Waals surface area contributed by atoms with Gasteiger partial charge in [-0.05, 0) is 57.1 Å². The van der Waals surface area contributed by atoms with Crippen molar-refractivity contribution >= 4 is 12.9 Å². The summed E-state index contributed by atoms with van der Waals surface area (Å²) in [5.41, 5.74) is -0.768. The minimum absolute atomic E-state index is 0.161. The Morgan fingerprint density at radius 1 is 1.53 bits per heavy atom. The Morgan fingerprint density at radius 3 is 2.84 bits per heavy atom. The molecule has 4 unspecified atom stereocenters. The van der Waals surface area contributed by atoms with E-state index in [1.54, 1.807) is 13.9 Å². The molecule has 2 fully saturated rings. The van der Waals surface area contributed by atoms with Gasteiger partial charge in [0.15, 0.2) is 0 Å². The summed E-state index contributed by atoms with van der Waals surface area (Å²) in [5, 5.41) is 25.5. The van der Waals surface area contributed by atoms with Crippen LogP contribution in [0.5, 0.6) is 0 Å². The van der Waals surface area contributed by atoms with Crippen LogP contribution in [0, 0.1) is 17.8 Å². The van der Waals surface area contributed by atoms with Crippen molar-refractivity contribution in [3.8, 4) is 0 Å². The SMILES string of the molecule is CNC1(C(=O)O)CC2CNCC2C1CCCB(C)O. The van der Waals surface area contributed by atoms with Crippen molar-refractivity contribution in [3.05, 3.63) is 0 Å². The Labute approximate surface area is 115 Å². The van der Waals surface area contributed by atoms with E-state index in [4.69, 9.17) is 0 Å². The van der Waals surface area contributed by atoms with Crippen molar-refractivity contribution < 1.29 is 14.9 Å². The molecule has 0 spiro atoms. The number of carbonyl (C=O) groups is 1. The Morgan fingerprint density at radius 2 is 2.26 bits per heavy atom. The molecule has 2 aliphatic rings. The highest BCUT2D eigenvalue weighted by atomic mass is 16.4. The van der Waals surface area contributed by atoms with Crippen molar-refractivity contribution in [2.24, 2.45) is 17.8 Å². The fourth-order valence-corrected chi connectivity index (χ4v) is 4.11. The highest BCUT2D eigenvalue weighted by molar-refractivity contribution is 6.48. The van der Waals surface area contributed by atoms with E-state index in [1.165, 1.54) is 0 Å². The lowest BCUT2D eigenvalue weighted by Gasteiger charge is -2.33. The largest absolute Gasteiger partial charge is 0.480 e. The van der Waals surface area contributed by atoms with E-state index in [0.29, 0.717) is 11.8 Å². The van der Waals surface area contributed by atoms with Gasteiger partial charge in [0.2, 0.25) is 0 Å². The number of carboxylic acids is 1. The molecule has 0 amide bonds. The Bertz CT molecular complexity index is 340. The predicted octanol–water partition coefficient (Wildman–Crippen LogP) is 0.278. The number of aliphatic carboxylic acids is 1. The van der Waals surface area contributed by atoms with Crippen molar-refractivity contribution in [1.29, 1.82) is 0 Å². The molecular weight excluding hydrogens is 243 g/mol. The van der Waals surface area contributed by atoms with E-state index in [1.807, 2.05) is 0 Å². The first-order chi connectivity index (χ1) is 9.01. The summed E-state index contributed by atoms with van der Waals surface area (Å²) in [6.45, 7) is 3.36. The fourth-order valence-electron chi connectivity index (χ4n) is 4.11. The molecule has 1 saturated carbocycles. The Balaban J connectivity index is 2.10. The molecule has 1 aliphatic carbocycles. The molecule has 1 saturated heterocycles. The van der Waals surface area contributed by atoms with E-state index in [0.717, 1.165) is 38.7 Å². The number of rotatable bonds is 6. The first-order valence-electron chi connectivity index (χ1n) is 7.32. The van der Waals surface area contributed by atoms with Crippen LogP contribution in [0.2, 0.25) is 13.1 Å². The molecule has 2 rings (SSSR count). The quantitative estimate of drug-likeness (QED) is 0.520. The molecule has 5 nitrogen and oxygen atoms in total. The Kier molecular flexibility index (Phi) is 4.53. The highest BCUT2D eigenvalue weighted by Gasteiger charge is 2.57. The van der Waals surface area contributed by atoms with Crippen molar-refractivity contribution in [3.63, 3.8) is 0 Å². The number of fused-ring (bicyclic) bond motifs is 1. The average molecular weight is 268 g/mol. The number of hydrogen-bond donors (Lipinski definition) is 4. The van der Waals surface area contributed by atoms with Gasteiger partial charge >= 0.3 is 5.97 Å². The molecule has 4 N–H and O–H groups in total. The van der Waals surface area contributed by atoms with Crippen LogP contribution >= 0.6 is 0 Å². The molecule has 0 bridgehead atoms. The monoisotopic (exact) mass is 268 g/mol. The maximum Gasteiger partial charge on any atom is 0.324 e. The lowest BCUT2D eigenvalue weighted by atomic mass is 9.65. The maximum atomic E-state index is 11.8. The summed E-state index contributed by atoms with van der Waals surface area (Å²) < 4.78 is 0. The maximum absolute atomic E-state index is 11.8. The fraction of sp³-hybridized carbons (Fsp3) is 0.923. The van der Waals surface area contributed by atoms with E-state index in [2.05, 4.69) is 10.6 Å². The zero-order chi connectivity index (χ0) is 14.0. The number of nitrogens with one attached hydrogen (secondary N) is 2. The minimum atomic E-state index is -0.768. The standard InChI is InChI=1S/C13H25BN2O3/c1-14(19)5-3-4-11-10-8-16-7-9(10)6-13(11,15-2)12(17)18/h9-11,15-16,19H,3-8H2,1-2H3,(H,17,18). The van der Waals surface area contributed by atoms with E-state index in [-0.39, 0.29) is 12.8 Å². The molecule has 0 aromatic carbocycles. The van der Waals surface area contributed by atoms with Gasteiger partial charge in [-0.15, -0.1) is 0 Å². The van der Waals surface area contributed by atoms with Crippen LogP contribution in [0.1, 0.15) is 19.3 Å². The van der Waals surface area contributed by atoms with E-state index in [9.17, 15) is 14.9 Å². The summed E-state index contributed by atoms with van der Waals surface area (Å²) in [7, 11) is 1.77. The number of hydrogen-bond acceptors (Lipinski definition) is 4. The molecule has 108 valence electrons.